The molecule has 0 amide bonds. The van der Waals surface area contributed by atoms with Gasteiger partial charge in [-0.3, -0.25) is 4.99 Å². The highest BCUT2D eigenvalue weighted by molar-refractivity contribution is 14.0. The van der Waals surface area contributed by atoms with Crippen molar-refractivity contribution in [2.75, 3.05) is 20.1 Å². The summed E-state index contributed by atoms with van der Waals surface area (Å²) in [7, 11) is 1.82. The number of nitrogens with one attached hydrogen (secondary N) is 2. The normalized spacial score (nSPS) is 11.4. The van der Waals surface area contributed by atoms with Crippen LogP contribution in [0.1, 0.15) is 43.5 Å². The van der Waals surface area contributed by atoms with Gasteiger partial charge in [-0.15, -0.1) is 35.3 Å². The largest absolute Gasteiger partial charge is 0.356 e. The summed E-state index contributed by atoms with van der Waals surface area (Å²) in [6.45, 7) is 8.50. The highest BCUT2D eigenvalue weighted by atomic mass is 127. The molecule has 0 aromatic carbocycles. The Balaban J connectivity index is 0.00000400. The summed E-state index contributed by atoms with van der Waals surface area (Å²) in [4.78, 5) is 10.0. The van der Waals surface area contributed by atoms with Crippen molar-refractivity contribution in [3.8, 4) is 0 Å². The molecule has 0 radical (unpaired) electrons. The molecule has 6 heteroatoms. The van der Waals surface area contributed by atoms with Crippen LogP contribution in [-0.2, 0) is 12.8 Å². The predicted molar refractivity (Wildman–Crippen MR) is 104 cm³/mol. The molecule has 0 unspecified atom stereocenters. The molecular weight excluding hydrogens is 395 g/mol. The van der Waals surface area contributed by atoms with Crippen LogP contribution in [0.3, 0.4) is 0 Å². The first-order valence-corrected chi connectivity index (χ1v) is 8.43. The van der Waals surface area contributed by atoms with Crippen molar-refractivity contribution in [3.05, 3.63) is 16.1 Å². The van der Waals surface area contributed by atoms with Crippen LogP contribution in [-0.4, -0.2) is 31.1 Å². The molecule has 1 heterocycles. The molecule has 0 saturated heterocycles. The van der Waals surface area contributed by atoms with Gasteiger partial charge in [0.2, 0.25) is 0 Å². The molecule has 4 nitrogen and oxygen atoms in total. The summed E-state index contributed by atoms with van der Waals surface area (Å²) in [6.07, 6.45) is 6.43. The van der Waals surface area contributed by atoms with Crippen molar-refractivity contribution >= 4 is 41.3 Å². The number of hydrogen-bond acceptors (Lipinski definition) is 3. The Morgan fingerprint density at radius 2 is 2.00 bits per heavy atom. The monoisotopic (exact) mass is 424 g/mol. The maximum atomic E-state index is 4.43. The van der Waals surface area contributed by atoms with Crippen LogP contribution in [0.25, 0.3) is 0 Å². The molecule has 2 N–H and O–H groups in total. The first-order valence-electron chi connectivity index (χ1n) is 7.61. The molecule has 21 heavy (non-hydrogen) atoms. The van der Waals surface area contributed by atoms with Gasteiger partial charge in [0.15, 0.2) is 5.96 Å². The molecule has 0 aliphatic heterocycles. The van der Waals surface area contributed by atoms with Crippen LogP contribution < -0.4 is 10.6 Å². The first-order chi connectivity index (χ1) is 9.73. The molecule has 1 aromatic rings. The quantitative estimate of drug-likeness (QED) is 0.382. The lowest BCUT2D eigenvalue weighted by molar-refractivity contribution is 0.481. The van der Waals surface area contributed by atoms with Crippen molar-refractivity contribution < 1.29 is 0 Å². The molecule has 0 spiro atoms. The van der Waals surface area contributed by atoms with Gasteiger partial charge in [0.1, 0.15) is 0 Å². The van der Waals surface area contributed by atoms with E-state index in [1.807, 2.05) is 13.2 Å². The molecule has 122 valence electrons. The van der Waals surface area contributed by atoms with Crippen LogP contribution in [0.2, 0.25) is 0 Å². The van der Waals surface area contributed by atoms with E-state index in [0.29, 0.717) is 0 Å². The second kappa shape index (κ2) is 12.2. The summed E-state index contributed by atoms with van der Waals surface area (Å²) in [5.41, 5.74) is 0. The zero-order chi connectivity index (χ0) is 14.8. The minimum Gasteiger partial charge on any atom is -0.356 e. The second-order valence-corrected chi connectivity index (χ2v) is 6.09. The average Bonchev–Trinajstić information content (AvgIpc) is 2.94. The van der Waals surface area contributed by atoms with Crippen LogP contribution in [0, 0.1) is 5.92 Å². The third-order valence-corrected chi connectivity index (χ3v) is 4.72. The van der Waals surface area contributed by atoms with Crippen molar-refractivity contribution in [1.29, 1.82) is 0 Å². The van der Waals surface area contributed by atoms with Gasteiger partial charge in [0.05, 0.1) is 5.01 Å². The summed E-state index contributed by atoms with van der Waals surface area (Å²) < 4.78 is 0. The lowest BCUT2D eigenvalue weighted by atomic mass is 10.0. The maximum absolute atomic E-state index is 4.43. The Morgan fingerprint density at radius 1 is 1.29 bits per heavy atom. The highest BCUT2D eigenvalue weighted by Crippen LogP contribution is 2.13. The van der Waals surface area contributed by atoms with E-state index < -0.39 is 0 Å². The molecule has 1 rings (SSSR count). The zero-order valence-electron chi connectivity index (χ0n) is 13.6. The minimum absolute atomic E-state index is 0. The summed E-state index contributed by atoms with van der Waals surface area (Å²) in [5.74, 6) is 1.61. The van der Waals surface area contributed by atoms with Crippen LogP contribution in [0.4, 0.5) is 0 Å². The van der Waals surface area contributed by atoms with Crippen molar-refractivity contribution in [2.24, 2.45) is 10.9 Å². The zero-order valence-corrected chi connectivity index (χ0v) is 16.8. The molecule has 1 aromatic heterocycles. The fourth-order valence-corrected chi connectivity index (χ4v) is 2.82. The number of guanidine groups is 1. The highest BCUT2D eigenvalue weighted by Gasteiger charge is 2.05. The average molecular weight is 424 g/mol. The number of thiazole rings is 1. The van der Waals surface area contributed by atoms with Gasteiger partial charge in [-0.2, -0.15) is 0 Å². The van der Waals surface area contributed by atoms with E-state index in [0.717, 1.165) is 37.8 Å². The molecule has 0 saturated carbocycles. The fraction of sp³-hybridized carbons (Fsp3) is 0.733. The van der Waals surface area contributed by atoms with Gasteiger partial charge in [-0.1, -0.05) is 33.6 Å². The van der Waals surface area contributed by atoms with Gasteiger partial charge in [-0.25, -0.2) is 4.98 Å². The van der Waals surface area contributed by atoms with Crippen LogP contribution >= 0.6 is 35.3 Å². The summed E-state index contributed by atoms with van der Waals surface area (Å²) in [5, 5.41) is 7.95. The van der Waals surface area contributed by atoms with Crippen LogP contribution in [0.5, 0.6) is 0 Å². The Hall–Kier alpha value is -0.370. The van der Waals surface area contributed by atoms with Crippen LogP contribution in [0.15, 0.2) is 11.2 Å². The first kappa shape index (κ1) is 20.6. The second-order valence-electron chi connectivity index (χ2n) is 4.89. The maximum Gasteiger partial charge on any atom is 0.190 e. The van der Waals surface area contributed by atoms with Crippen molar-refractivity contribution in [2.45, 2.75) is 46.5 Å². The van der Waals surface area contributed by atoms with Gasteiger partial charge in [0, 0.05) is 37.6 Å². The SMILES string of the molecule is CCc1cnc(CCNC(=NC)NCC(CC)CC)s1.I. The molecule has 0 fully saturated rings. The fourth-order valence-electron chi connectivity index (χ4n) is 1.95. The van der Waals surface area contributed by atoms with E-state index in [1.54, 1.807) is 11.3 Å². The summed E-state index contributed by atoms with van der Waals surface area (Å²) >= 11 is 1.81. The number of rotatable bonds is 8. The van der Waals surface area contributed by atoms with Gasteiger partial charge in [-0.05, 0) is 12.3 Å². The van der Waals surface area contributed by atoms with Crippen molar-refractivity contribution in [1.82, 2.24) is 15.6 Å². The molecule has 0 aliphatic rings. The third kappa shape index (κ3) is 7.99. The van der Waals surface area contributed by atoms with Gasteiger partial charge < -0.3 is 10.6 Å². The number of aliphatic imine (C=N–C) groups is 1. The van der Waals surface area contributed by atoms with E-state index in [2.05, 4.69) is 41.4 Å². The smallest absolute Gasteiger partial charge is 0.190 e. The van der Waals surface area contributed by atoms with E-state index in [1.165, 1.54) is 22.7 Å². The standard InChI is InChI=1S/C15H28N4S.HI/c1-5-12(6-2)10-19-15(16-4)17-9-8-14-18-11-13(7-3)20-14;/h11-12H,5-10H2,1-4H3,(H2,16,17,19);1H. The van der Waals surface area contributed by atoms with Gasteiger partial charge in [0.25, 0.3) is 0 Å². The lowest BCUT2D eigenvalue weighted by Crippen LogP contribution is -2.40. The number of halogens is 1. The molecule has 0 bridgehead atoms. The van der Waals surface area contributed by atoms with E-state index in [-0.39, 0.29) is 24.0 Å². The third-order valence-electron chi connectivity index (χ3n) is 3.52. The number of hydrogen-bond donors (Lipinski definition) is 2. The number of nitrogens with zero attached hydrogens (tertiary/aromatic N) is 2. The topological polar surface area (TPSA) is 49.3 Å². The van der Waals surface area contributed by atoms with Crippen molar-refractivity contribution in [3.63, 3.8) is 0 Å². The van der Waals surface area contributed by atoms with E-state index in [4.69, 9.17) is 0 Å². The predicted octanol–water partition coefficient (Wildman–Crippen LogP) is 3.47. The molecule has 0 aliphatic carbocycles. The Kier molecular flexibility index (Phi) is 12.0. The number of aromatic nitrogens is 1. The molecule has 0 atom stereocenters. The Labute approximate surface area is 150 Å². The van der Waals surface area contributed by atoms with Gasteiger partial charge >= 0.3 is 0 Å². The van der Waals surface area contributed by atoms with E-state index in [9.17, 15) is 0 Å². The van der Waals surface area contributed by atoms with E-state index >= 15 is 0 Å². The Morgan fingerprint density at radius 3 is 2.52 bits per heavy atom. The Bertz CT molecular complexity index is 402. The lowest BCUT2D eigenvalue weighted by Gasteiger charge is -2.16. The molecular formula is C15H29IN4S. The minimum atomic E-state index is 0. The summed E-state index contributed by atoms with van der Waals surface area (Å²) in [6, 6.07) is 0. The number of aryl methyl sites for hydroxylation is 1.